The van der Waals surface area contributed by atoms with Gasteiger partial charge in [0, 0.05) is 11.6 Å². The average molecular weight is 220 g/mol. The second-order valence-electron chi connectivity index (χ2n) is 2.97. The number of halogens is 2. The number of terminal acetylenes is 1. The molecule has 1 aromatic heterocycles. The van der Waals surface area contributed by atoms with Crippen LogP contribution >= 0.6 is 11.3 Å². The second-order valence-corrected chi connectivity index (χ2v) is 3.88. The Morgan fingerprint density at radius 2 is 2.00 bits per heavy atom. The third-order valence-electron chi connectivity index (χ3n) is 1.98. The van der Waals surface area contributed by atoms with Crippen molar-refractivity contribution in [2.75, 3.05) is 0 Å². The van der Waals surface area contributed by atoms with E-state index in [9.17, 15) is 8.78 Å². The Kier molecular flexibility index (Phi) is 2.53. The highest BCUT2D eigenvalue weighted by Crippen LogP contribution is 2.27. The summed E-state index contributed by atoms with van der Waals surface area (Å²) in [5.74, 6) is 1.32. The zero-order valence-corrected chi connectivity index (χ0v) is 8.44. The molecule has 0 aliphatic carbocycles. The van der Waals surface area contributed by atoms with Crippen LogP contribution < -0.4 is 0 Å². The van der Waals surface area contributed by atoms with E-state index in [1.807, 2.05) is 0 Å². The molecule has 3 heteroatoms. The van der Waals surface area contributed by atoms with E-state index in [0.29, 0.717) is 11.1 Å². The Bertz CT molecular complexity index is 535. The van der Waals surface area contributed by atoms with Gasteiger partial charge in [-0.05, 0) is 29.1 Å². The normalized spacial score (nSPS) is 9.93. The summed E-state index contributed by atoms with van der Waals surface area (Å²) in [5.41, 5.74) is 1.06. The monoisotopic (exact) mass is 220 g/mol. The van der Waals surface area contributed by atoms with Crippen LogP contribution in [0.1, 0.15) is 4.88 Å². The summed E-state index contributed by atoms with van der Waals surface area (Å²) in [6, 6.07) is 5.21. The lowest BCUT2D eigenvalue weighted by Crippen LogP contribution is -1.83. The molecule has 0 saturated heterocycles. The van der Waals surface area contributed by atoms with Gasteiger partial charge in [0.25, 0.3) is 0 Å². The van der Waals surface area contributed by atoms with Gasteiger partial charge in [-0.1, -0.05) is 5.92 Å². The molecule has 0 spiro atoms. The highest BCUT2D eigenvalue weighted by Gasteiger charge is 2.07. The minimum absolute atomic E-state index is 0.370. The minimum Gasteiger partial charge on any atom is -0.207 e. The quantitative estimate of drug-likeness (QED) is 0.643. The number of benzene rings is 1. The Labute approximate surface area is 90.2 Å². The fourth-order valence-corrected chi connectivity index (χ4v) is 1.99. The van der Waals surface area contributed by atoms with Gasteiger partial charge in [0.2, 0.25) is 0 Å². The summed E-state index contributed by atoms with van der Waals surface area (Å²) in [5, 5.41) is 1.76. The lowest BCUT2D eigenvalue weighted by molar-refractivity contribution is 0.585. The van der Waals surface area contributed by atoms with E-state index in [0.717, 1.165) is 10.9 Å². The molecule has 74 valence electrons. The average Bonchev–Trinajstić information content (AvgIpc) is 2.66. The third-order valence-corrected chi connectivity index (χ3v) is 2.85. The predicted molar refractivity (Wildman–Crippen MR) is 57.6 cm³/mol. The molecule has 2 aromatic rings. The predicted octanol–water partition coefficient (Wildman–Crippen LogP) is 3.67. The molecule has 15 heavy (non-hydrogen) atoms. The van der Waals surface area contributed by atoms with Crippen LogP contribution in [0.2, 0.25) is 0 Å². The largest absolute Gasteiger partial charge is 0.207 e. The summed E-state index contributed by atoms with van der Waals surface area (Å²) in [4.78, 5) is 0.730. The molecule has 0 radical (unpaired) electrons. The maximum atomic E-state index is 13.4. The highest BCUT2D eigenvalue weighted by molar-refractivity contribution is 7.11. The van der Waals surface area contributed by atoms with E-state index in [2.05, 4.69) is 5.92 Å². The van der Waals surface area contributed by atoms with Crippen LogP contribution in [0.15, 0.2) is 29.6 Å². The highest BCUT2D eigenvalue weighted by atomic mass is 32.1. The van der Waals surface area contributed by atoms with Gasteiger partial charge in [0.15, 0.2) is 0 Å². The molecule has 0 amide bonds. The lowest BCUT2D eigenvalue weighted by atomic mass is 10.1. The van der Waals surface area contributed by atoms with Gasteiger partial charge in [-0.25, -0.2) is 8.78 Å². The van der Waals surface area contributed by atoms with Crippen molar-refractivity contribution < 1.29 is 8.78 Å². The van der Waals surface area contributed by atoms with Crippen LogP contribution in [0.4, 0.5) is 8.78 Å². The molecule has 0 unspecified atom stereocenters. The Hall–Kier alpha value is -1.66. The molecule has 1 heterocycles. The van der Waals surface area contributed by atoms with Crippen molar-refractivity contribution in [1.29, 1.82) is 0 Å². The topological polar surface area (TPSA) is 0 Å². The van der Waals surface area contributed by atoms with E-state index < -0.39 is 11.6 Å². The lowest BCUT2D eigenvalue weighted by Gasteiger charge is -1.99. The van der Waals surface area contributed by atoms with Gasteiger partial charge in [-0.15, -0.1) is 17.8 Å². The maximum absolute atomic E-state index is 13.4. The zero-order valence-electron chi connectivity index (χ0n) is 7.63. The van der Waals surface area contributed by atoms with Crippen LogP contribution in [0.25, 0.3) is 11.1 Å². The Morgan fingerprint density at radius 1 is 1.20 bits per heavy atom. The van der Waals surface area contributed by atoms with Gasteiger partial charge < -0.3 is 0 Å². The first-order valence-electron chi connectivity index (χ1n) is 4.21. The first kappa shape index (κ1) is 9.88. The van der Waals surface area contributed by atoms with Crippen molar-refractivity contribution in [3.8, 4) is 23.5 Å². The smallest absolute Gasteiger partial charge is 0.133 e. The maximum Gasteiger partial charge on any atom is 0.133 e. The molecule has 0 aliphatic heterocycles. The summed E-state index contributed by atoms with van der Waals surface area (Å²) in [7, 11) is 0. The first-order valence-corrected chi connectivity index (χ1v) is 5.09. The fraction of sp³-hybridized carbons (Fsp3) is 0. The molecule has 2 rings (SSSR count). The van der Waals surface area contributed by atoms with Crippen LogP contribution in [-0.2, 0) is 0 Å². The molecule has 0 nitrogen and oxygen atoms in total. The van der Waals surface area contributed by atoms with Crippen molar-refractivity contribution in [2.24, 2.45) is 0 Å². The van der Waals surface area contributed by atoms with Gasteiger partial charge in [0.1, 0.15) is 11.6 Å². The summed E-state index contributed by atoms with van der Waals surface area (Å²) in [6.45, 7) is 0. The van der Waals surface area contributed by atoms with Crippen molar-refractivity contribution in [2.45, 2.75) is 0 Å². The second kappa shape index (κ2) is 3.84. The Balaban J connectivity index is 2.50. The Morgan fingerprint density at radius 3 is 2.60 bits per heavy atom. The SMILES string of the molecule is C#Cc1cc(-c2ccc(F)cc2F)cs1. The molecule has 0 bridgehead atoms. The standard InChI is InChI=1S/C12H6F2S/c1-2-10-5-8(7-15-10)11-4-3-9(13)6-12(11)14/h1,3-7H. The molecular weight excluding hydrogens is 214 g/mol. The fourth-order valence-electron chi connectivity index (χ4n) is 1.28. The van der Waals surface area contributed by atoms with E-state index in [4.69, 9.17) is 6.42 Å². The number of hydrogen-bond acceptors (Lipinski definition) is 1. The third kappa shape index (κ3) is 1.90. The minimum atomic E-state index is -0.580. The van der Waals surface area contributed by atoms with Crippen molar-refractivity contribution in [3.05, 3.63) is 46.2 Å². The first-order chi connectivity index (χ1) is 7.20. The van der Waals surface area contributed by atoms with Crippen LogP contribution in [-0.4, -0.2) is 0 Å². The summed E-state index contributed by atoms with van der Waals surface area (Å²) in [6.07, 6.45) is 5.21. The van der Waals surface area contributed by atoms with Crippen molar-refractivity contribution >= 4 is 11.3 Å². The van der Waals surface area contributed by atoms with Gasteiger partial charge in [-0.3, -0.25) is 0 Å². The molecule has 0 fully saturated rings. The number of thiophene rings is 1. The summed E-state index contributed by atoms with van der Waals surface area (Å²) >= 11 is 1.36. The van der Waals surface area contributed by atoms with E-state index in [1.54, 1.807) is 11.4 Å². The van der Waals surface area contributed by atoms with Crippen LogP contribution in [0.3, 0.4) is 0 Å². The van der Waals surface area contributed by atoms with E-state index in [-0.39, 0.29) is 0 Å². The molecule has 0 aliphatic rings. The van der Waals surface area contributed by atoms with Gasteiger partial charge in [0.05, 0.1) is 4.88 Å². The number of rotatable bonds is 1. The van der Waals surface area contributed by atoms with E-state index in [1.165, 1.54) is 23.5 Å². The van der Waals surface area contributed by atoms with Crippen molar-refractivity contribution in [1.82, 2.24) is 0 Å². The van der Waals surface area contributed by atoms with E-state index >= 15 is 0 Å². The van der Waals surface area contributed by atoms with Crippen molar-refractivity contribution in [3.63, 3.8) is 0 Å². The zero-order chi connectivity index (χ0) is 10.8. The molecular formula is C12H6F2S. The molecule has 0 atom stereocenters. The number of hydrogen-bond donors (Lipinski definition) is 0. The van der Waals surface area contributed by atoms with Gasteiger partial charge in [-0.2, -0.15) is 0 Å². The molecule has 1 aromatic carbocycles. The molecule has 0 N–H and O–H groups in total. The van der Waals surface area contributed by atoms with Crippen LogP contribution in [0, 0.1) is 24.0 Å². The summed E-state index contributed by atoms with van der Waals surface area (Å²) < 4.78 is 26.0. The van der Waals surface area contributed by atoms with Gasteiger partial charge >= 0.3 is 0 Å². The molecule has 0 saturated carbocycles. The van der Waals surface area contributed by atoms with Crippen LogP contribution in [0.5, 0.6) is 0 Å².